The number of hydrogen-bond donors (Lipinski definition) is 1. The SMILES string of the molecule is CCCCOc1ncc(Br)cc1CNC(C)(C)C. The average molecular weight is 315 g/mol. The molecule has 102 valence electrons. The Morgan fingerprint density at radius 1 is 1.39 bits per heavy atom. The van der Waals surface area contributed by atoms with Crippen LogP contribution in [0.25, 0.3) is 0 Å². The topological polar surface area (TPSA) is 34.1 Å². The van der Waals surface area contributed by atoms with E-state index in [2.05, 4.69) is 60.0 Å². The van der Waals surface area contributed by atoms with Gasteiger partial charge in [0.2, 0.25) is 5.88 Å². The lowest BCUT2D eigenvalue weighted by Crippen LogP contribution is -2.35. The van der Waals surface area contributed by atoms with Crippen molar-refractivity contribution < 1.29 is 4.74 Å². The highest BCUT2D eigenvalue weighted by molar-refractivity contribution is 9.10. The lowest BCUT2D eigenvalue weighted by molar-refractivity contribution is 0.291. The van der Waals surface area contributed by atoms with Gasteiger partial charge in [0.1, 0.15) is 0 Å². The Labute approximate surface area is 118 Å². The van der Waals surface area contributed by atoms with E-state index in [1.165, 1.54) is 0 Å². The number of halogens is 1. The van der Waals surface area contributed by atoms with Crippen molar-refractivity contribution >= 4 is 15.9 Å². The van der Waals surface area contributed by atoms with E-state index >= 15 is 0 Å². The molecule has 1 N–H and O–H groups in total. The number of nitrogens with zero attached hydrogens (tertiary/aromatic N) is 1. The molecule has 1 heterocycles. The Morgan fingerprint density at radius 3 is 2.72 bits per heavy atom. The van der Waals surface area contributed by atoms with E-state index in [-0.39, 0.29) is 5.54 Å². The largest absolute Gasteiger partial charge is 0.477 e. The quantitative estimate of drug-likeness (QED) is 0.808. The molecule has 18 heavy (non-hydrogen) atoms. The zero-order valence-electron chi connectivity index (χ0n) is 11.7. The Kier molecular flexibility index (Phi) is 6.09. The highest BCUT2D eigenvalue weighted by atomic mass is 79.9. The standard InChI is InChI=1S/C14H23BrN2O/c1-5-6-7-18-13-11(8-12(15)10-16-13)9-17-14(2,3)4/h8,10,17H,5-7,9H2,1-4H3. The van der Waals surface area contributed by atoms with E-state index in [0.29, 0.717) is 0 Å². The molecular formula is C14H23BrN2O. The first-order valence-electron chi connectivity index (χ1n) is 6.44. The van der Waals surface area contributed by atoms with Crippen molar-refractivity contribution in [3.63, 3.8) is 0 Å². The van der Waals surface area contributed by atoms with Crippen molar-refractivity contribution in [1.82, 2.24) is 10.3 Å². The number of pyridine rings is 1. The van der Waals surface area contributed by atoms with Crippen LogP contribution in [0.15, 0.2) is 16.7 Å². The van der Waals surface area contributed by atoms with E-state index in [1.54, 1.807) is 6.20 Å². The van der Waals surface area contributed by atoms with Crippen molar-refractivity contribution in [1.29, 1.82) is 0 Å². The van der Waals surface area contributed by atoms with E-state index in [4.69, 9.17) is 4.74 Å². The van der Waals surface area contributed by atoms with Crippen LogP contribution in [0.4, 0.5) is 0 Å². The fourth-order valence-electron chi connectivity index (χ4n) is 1.40. The molecule has 0 saturated carbocycles. The van der Waals surface area contributed by atoms with Gasteiger partial charge in [0.25, 0.3) is 0 Å². The summed E-state index contributed by atoms with van der Waals surface area (Å²) < 4.78 is 6.71. The summed E-state index contributed by atoms with van der Waals surface area (Å²) in [5.41, 5.74) is 1.18. The zero-order valence-corrected chi connectivity index (χ0v) is 13.3. The number of hydrogen-bond acceptors (Lipinski definition) is 3. The monoisotopic (exact) mass is 314 g/mol. The molecule has 0 atom stereocenters. The first kappa shape index (κ1) is 15.4. The molecule has 0 aliphatic heterocycles. The number of unbranched alkanes of at least 4 members (excludes halogenated alkanes) is 1. The van der Waals surface area contributed by atoms with Crippen LogP contribution in [-0.2, 0) is 6.54 Å². The van der Waals surface area contributed by atoms with Crippen LogP contribution >= 0.6 is 15.9 Å². The average Bonchev–Trinajstić information content (AvgIpc) is 2.28. The zero-order chi connectivity index (χ0) is 13.6. The summed E-state index contributed by atoms with van der Waals surface area (Å²) >= 11 is 3.45. The Hall–Kier alpha value is -0.610. The van der Waals surface area contributed by atoms with Gasteiger partial charge in [-0.1, -0.05) is 13.3 Å². The van der Waals surface area contributed by atoms with Gasteiger partial charge in [-0.2, -0.15) is 0 Å². The summed E-state index contributed by atoms with van der Waals surface area (Å²) in [6, 6.07) is 2.06. The predicted octanol–water partition coefficient (Wildman–Crippen LogP) is 3.91. The number of rotatable bonds is 6. The fraction of sp³-hybridized carbons (Fsp3) is 0.643. The maximum atomic E-state index is 5.73. The first-order valence-corrected chi connectivity index (χ1v) is 7.24. The summed E-state index contributed by atoms with van der Waals surface area (Å²) in [5.74, 6) is 0.739. The molecule has 0 aliphatic rings. The molecule has 0 bridgehead atoms. The van der Waals surface area contributed by atoms with Crippen LogP contribution in [0, 0.1) is 0 Å². The predicted molar refractivity (Wildman–Crippen MR) is 78.9 cm³/mol. The summed E-state index contributed by atoms with van der Waals surface area (Å²) in [5, 5.41) is 3.46. The molecule has 0 amide bonds. The fourth-order valence-corrected chi connectivity index (χ4v) is 1.78. The number of ether oxygens (including phenoxy) is 1. The van der Waals surface area contributed by atoms with Crippen LogP contribution in [0.3, 0.4) is 0 Å². The lowest BCUT2D eigenvalue weighted by Gasteiger charge is -2.21. The third kappa shape index (κ3) is 5.83. The molecule has 0 unspecified atom stereocenters. The van der Waals surface area contributed by atoms with E-state index in [0.717, 1.165) is 41.9 Å². The molecule has 1 aromatic rings. The summed E-state index contributed by atoms with van der Waals surface area (Å²) in [4.78, 5) is 4.34. The van der Waals surface area contributed by atoms with Crippen LogP contribution in [0.2, 0.25) is 0 Å². The van der Waals surface area contributed by atoms with Crippen molar-refractivity contribution in [3.05, 3.63) is 22.3 Å². The normalized spacial score (nSPS) is 11.6. The third-order valence-electron chi connectivity index (χ3n) is 2.44. The van der Waals surface area contributed by atoms with Gasteiger partial charge < -0.3 is 10.1 Å². The maximum absolute atomic E-state index is 5.73. The van der Waals surface area contributed by atoms with Crippen molar-refractivity contribution in [3.8, 4) is 5.88 Å². The van der Waals surface area contributed by atoms with Crippen LogP contribution in [0.1, 0.15) is 46.1 Å². The maximum Gasteiger partial charge on any atom is 0.217 e. The molecular weight excluding hydrogens is 292 g/mol. The van der Waals surface area contributed by atoms with Crippen LogP contribution < -0.4 is 10.1 Å². The van der Waals surface area contributed by atoms with Crippen molar-refractivity contribution in [2.24, 2.45) is 0 Å². The highest BCUT2D eigenvalue weighted by Gasteiger charge is 2.12. The Balaban J connectivity index is 2.70. The highest BCUT2D eigenvalue weighted by Crippen LogP contribution is 2.21. The van der Waals surface area contributed by atoms with Gasteiger partial charge in [-0.05, 0) is 49.2 Å². The smallest absolute Gasteiger partial charge is 0.217 e. The van der Waals surface area contributed by atoms with Gasteiger partial charge in [0, 0.05) is 28.3 Å². The minimum atomic E-state index is 0.0863. The van der Waals surface area contributed by atoms with Crippen LogP contribution in [0.5, 0.6) is 5.88 Å². The summed E-state index contributed by atoms with van der Waals surface area (Å²) in [6.07, 6.45) is 3.97. The molecule has 0 aliphatic carbocycles. The van der Waals surface area contributed by atoms with Gasteiger partial charge in [0.15, 0.2) is 0 Å². The Bertz CT molecular complexity index is 375. The van der Waals surface area contributed by atoms with Gasteiger partial charge in [0.05, 0.1) is 6.61 Å². The summed E-state index contributed by atoms with van der Waals surface area (Å²) in [7, 11) is 0. The molecule has 4 heteroatoms. The molecule has 3 nitrogen and oxygen atoms in total. The van der Waals surface area contributed by atoms with E-state index in [9.17, 15) is 0 Å². The van der Waals surface area contributed by atoms with Gasteiger partial charge in [-0.3, -0.25) is 0 Å². The minimum absolute atomic E-state index is 0.0863. The second kappa shape index (κ2) is 7.10. The van der Waals surface area contributed by atoms with Crippen molar-refractivity contribution in [2.75, 3.05) is 6.61 Å². The summed E-state index contributed by atoms with van der Waals surface area (Å²) in [6.45, 7) is 10.1. The molecule has 0 radical (unpaired) electrons. The minimum Gasteiger partial charge on any atom is -0.477 e. The van der Waals surface area contributed by atoms with Gasteiger partial charge in [-0.15, -0.1) is 0 Å². The van der Waals surface area contributed by atoms with E-state index in [1.807, 2.05) is 0 Å². The van der Waals surface area contributed by atoms with Gasteiger partial charge in [-0.25, -0.2) is 4.98 Å². The lowest BCUT2D eigenvalue weighted by atomic mass is 10.1. The molecule has 0 aromatic carbocycles. The third-order valence-corrected chi connectivity index (χ3v) is 2.87. The van der Waals surface area contributed by atoms with E-state index < -0.39 is 0 Å². The van der Waals surface area contributed by atoms with Crippen LogP contribution in [-0.4, -0.2) is 17.1 Å². The number of nitrogens with one attached hydrogen (secondary N) is 1. The number of aromatic nitrogens is 1. The second-order valence-corrected chi connectivity index (χ2v) is 6.34. The molecule has 0 spiro atoms. The second-order valence-electron chi connectivity index (χ2n) is 5.42. The van der Waals surface area contributed by atoms with Gasteiger partial charge >= 0.3 is 0 Å². The molecule has 0 saturated heterocycles. The first-order chi connectivity index (χ1) is 8.42. The molecule has 1 aromatic heterocycles. The molecule has 1 rings (SSSR count). The van der Waals surface area contributed by atoms with Crippen molar-refractivity contribution in [2.45, 2.75) is 52.6 Å². The molecule has 0 fully saturated rings. The Morgan fingerprint density at radius 2 is 2.11 bits per heavy atom.